The Hall–Kier alpha value is -2.46. The largest absolute Gasteiger partial charge is 0.366 e. The maximum atomic E-state index is 4.91. The highest BCUT2D eigenvalue weighted by molar-refractivity contribution is 7.10. The van der Waals surface area contributed by atoms with Gasteiger partial charge in [0.1, 0.15) is 0 Å². The van der Waals surface area contributed by atoms with E-state index < -0.39 is 0 Å². The van der Waals surface area contributed by atoms with Crippen LogP contribution in [-0.2, 0) is 11.8 Å². The van der Waals surface area contributed by atoms with Crippen molar-refractivity contribution in [1.82, 2.24) is 9.88 Å². The minimum absolute atomic E-state index is 0.170. The molecule has 0 amide bonds. The molecule has 0 aliphatic carbocycles. The van der Waals surface area contributed by atoms with Gasteiger partial charge in [-0.25, -0.2) is 9.98 Å². The molecule has 2 aromatic carbocycles. The molecule has 3 aromatic rings. The predicted molar refractivity (Wildman–Crippen MR) is 131 cm³/mol. The maximum Gasteiger partial charge on any atom is 0.0976 e. The van der Waals surface area contributed by atoms with Crippen LogP contribution >= 0.6 is 11.3 Å². The lowest BCUT2D eigenvalue weighted by Gasteiger charge is -2.18. The normalized spacial score (nSPS) is 12.0. The second-order valence-corrected chi connectivity index (χ2v) is 9.96. The molecule has 3 rings (SSSR count). The predicted octanol–water partition coefficient (Wildman–Crippen LogP) is 6.93. The smallest absolute Gasteiger partial charge is 0.0976 e. The summed E-state index contributed by atoms with van der Waals surface area (Å²) in [6.45, 7) is 14.1. The molecule has 0 N–H and O–H groups in total. The van der Waals surface area contributed by atoms with Gasteiger partial charge in [0.05, 0.1) is 22.7 Å². The average molecular weight is 420 g/mol. The van der Waals surface area contributed by atoms with E-state index in [0.29, 0.717) is 0 Å². The van der Waals surface area contributed by atoms with Gasteiger partial charge in [-0.05, 0) is 54.5 Å². The van der Waals surface area contributed by atoms with Crippen molar-refractivity contribution in [2.45, 2.75) is 53.4 Å². The molecule has 0 atom stereocenters. The fourth-order valence-electron chi connectivity index (χ4n) is 3.26. The Kier molecular flexibility index (Phi) is 6.77. The molecule has 158 valence electrons. The molecular weight excluding hydrogens is 386 g/mol. The Morgan fingerprint density at radius 2 is 1.77 bits per heavy atom. The highest BCUT2D eigenvalue weighted by Crippen LogP contribution is 2.29. The minimum Gasteiger partial charge on any atom is -0.366 e. The summed E-state index contributed by atoms with van der Waals surface area (Å²) in [5.41, 5.74) is 8.58. The quantitative estimate of drug-likeness (QED) is 0.320. The van der Waals surface area contributed by atoms with Gasteiger partial charge >= 0.3 is 0 Å². The summed E-state index contributed by atoms with van der Waals surface area (Å²) in [5, 5.41) is 3.32. The van der Waals surface area contributed by atoms with Crippen LogP contribution < -0.4 is 0 Å². The first kappa shape index (κ1) is 22.2. The number of thiazole rings is 1. The van der Waals surface area contributed by atoms with Crippen molar-refractivity contribution < 1.29 is 0 Å². The van der Waals surface area contributed by atoms with Crippen molar-refractivity contribution >= 4 is 23.4 Å². The van der Waals surface area contributed by atoms with E-state index in [1.54, 1.807) is 11.3 Å². The van der Waals surface area contributed by atoms with Crippen molar-refractivity contribution in [2.24, 2.45) is 4.99 Å². The SMILES string of the molecule is CCN(C)/C=N/c1cc(C)c(Cc2nc(-c3ccc(C(C)(C)C)cc3)cs2)cc1C. The first-order valence-electron chi connectivity index (χ1n) is 10.6. The van der Waals surface area contributed by atoms with E-state index in [2.05, 4.69) is 93.2 Å². The van der Waals surface area contributed by atoms with E-state index in [0.717, 1.165) is 29.4 Å². The lowest BCUT2D eigenvalue weighted by atomic mass is 9.86. The van der Waals surface area contributed by atoms with Crippen LogP contribution in [0.1, 0.15) is 55.0 Å². The van der Waals surface area contributed by atoms with E-state index in [1.807, 2.05) is 13.4 Å². The lowest BCUT2D eigenvalue weighted by Crippen LogP contribution is -2.14. The van der Waals surface area contributed by atoms with Gasteiger partial charge in [-0.3, -0.25) is 0 Å². The lowest BCUT2D eigenvalue weighted by molar-refractivity contribution is 0.552. The fraction of sp³-hybridized carbons (Fsp3) is 0.385. The Morgan fingerprint density at radius 3 is 2.40 bits per heavy atom. The van der Waals surface area contributed by atoms with E-state index in [4.69, 9.17) is 4.98 Å². The number of hydrogen-bond donors (Lipinski definition) is 0. The van der Waals surface area contributed by atoms with Crippen LogP contribution in [0.15, 0.2) is 46.8 Å². The second kappa shape index (κ2) is 9.13. The zero-order valence-corrected chi connectivity index (χ0v) is 20.1. The summed E-state index contributed by atoms with van der Waals surface area (Å²) in [6.07, 6.45) is 2.76. The molecule has 0 unspecified atom stereocenters. The Labute approximate surface area is 185 Å². The molecule has 0 aliphatic rings. The van der Waals surface area contributed by atoms with Gasteiger partial charge in [0.2, 0.25) is 0 Å². The van der Waals surface area contributed by atoms with E-state index in [9.17, 15) is 0 Å². The van der Waals surface area contributed by atoms with Crippen molar-refractivity contribution in [3.8, 4) is 11.3 Å². The van der Waals surface area contributed by atoms with Gasteiger partial charge in [0.15, 0.2) is 0 Å². The summed E-state index contributed by atoms with van der Waals surface area (Å²) < 4.78 is 0. The molecule has 0 bridgehead atoms. The molecule has 0 saturated carbocycles. The topological polar surface area (TPSA) is 28.5 Å². The summed E-state index contributed by atoms with van der Waals surface area (Å²) in [6, 6.07) is 13.3. The minimum atomic E-state index is 0.170. The number of nitrogens with zero attached hydrogens (tertiary/aromatic N) is 3. The molecule has 30 heavy (non-hydrogen) atoms. The number of benzene rings is 2. The summed E-state index contributed by atoms with van der Waals surface area (Å²) in [5.74, 6) is 0. The Bertz CT molecular complexity index is 1020. The van der Waals surface area contributed by atoms with Gasteiger partial charge in [-0.1, -0.05) is 51.1 Å². The molecule has 0 spiro atoms. The van der Waals surface area contributed by atoms with Crippen LogP contribution in [0.5, 0.6) is 0 Å². The summed E-state index contributed by atoms with van der Waals surface area (Å²) in [7, 11) is 2.04. The van der Waals surface area contributed by atoms with Crippen molar-refractivity contribution in [3.05, 3.63) is 69.0 Å². The Morgan fingerprint density at radius 1 is 1.07 bits per heavy atom. The van der Waals surface area contributed by atoms with Crippen LogP contribution in [0.4, 0.5) is 5.69 Å². The Balaban J connectivity index is 1.77. The molecule has 0 fully saturated rings. The molecule has 1 aromatic heterocycles. The second-order valence-electron chi connectivity index (χ2n) is 9.01. The van der Waals surface area contributed by atoms with Crippen LogP contribution in [0.25, 0.3) is 11.3 Å². The van der Waals surface area contributed by atoms with E-state index in [1.165, 1.54) is 27.8 Å². The summed E-state index contributed by atoms with van der Waals surface area (Å²) in [4.78, 5) is 11.6. The third-order valence-electron chi connectivity index (χ3n) is 5.49. The third kappa shape index (κ3) is 5.37. The van der Waals surface area contributed by atoms with Crippen molar-refractivity contribution in [1.29, 1.82) is 0 Å². The monoisotopic (exact) mass is 419 g/mol. The standard InChI is InChI=1S/C26H33N3S/c1-8-29(7)17-27-23-14-18(2)21(13-19(23)3)15-25-28-24(16-30-25)20-9-11-22(12-10-20)26(4,5)6/h9-14,16-17H,8,15H2,1-7H3/b27-17+. The van der Waals surface area contributed by atoms with Gasteiger partial charge < -0.3 is 4.90 Å². The molecular formula is C26H33N3S. The van der Waals surface area contributed by atoms with Crippen molar-refractivity contribution in [3.63, 3.8) is 0 Å². The van der Waals surface area contributed by atoms with Crippen molar-refractivity contribution in [2.75, 3.05) is 13.6 Å². The molecule has 1 heterocycles. The first-order valence-corrected chi connectivity index (χ1v) is 11.4. The van der Waals surface area contributed by atoms with E-state index in [-0.39, 0.29) is 5.41 Å². The maximum absolute atomic E-state index is 4.91. The average Bonchev–Trinajstić information content (AvgIpc) is 3.17. The summed E-state index contributed by atoms with van der Waals surface area (Å²) >= 11 is 1.74. The van der Waals surface area contributed by atoms with Crippen LogP contribution in [-0.4, -0.2) is 29.8 Å². The molecule has 0 saturated heterocycles. The van der Waals surface area contributed by atoms with Gasteiger partial charge in [0, 0.05) is 31.0 Å². The zero-order chi connectivity index (χ0) is 21.9. The first-order chi connectivity index (χ1) is 14.2. The van der Waals surface area contributed by atoms with Crippen LogP contribution in [0.3, 0.4) is 0 Å². The number of hydrogen-bond acceptors (Lipinski definition) is 3. The number of aliphatic imine (C=N–C) groups is 1. The number of aromatic nitrogens is 1. The van der Waals surface area contributed by atoms with Gasteiger partial charge in [0.25, 0.3) is 0 Å². The molecule has 4 heteroatoms. The van der Waals surface area contributed by atoms with Crippen LogP contribution in [0.2, 0.25) is 0 Å². The van der Waals surface area contributed by atoms with Gasteiger partial charge in [-0.15, -0.1) is 11.3 Å². The third-order valence-corrected chi connectivity index (χ3v) is 6.34. The van der Waals surface area contributed by atoms with Crippen LogP contribution in [0, 0.1) is 13.8 Å². The number of aryl methyl sites for hydroxylation is 2. The zero-order valence-electron chi connectivity index (χ0n) is 19.3. The molecule has 0 aliphatic heterocycles. The molecule has 3 nitrogen and oxygen atoms in total. The van der Waals surface area contributed by atoms with E-state index >= 15 is 0 Å². The highest BCUT2D eigenvalue weighted by atomic mass is 32.1. The molecule has 0 radical (unpaired) electrons. The highest BCUT2D eigenvalue weighted by Gasteiger charge is 2.14. The van der Waals surface area contributed by atoms with Gasteiger partial charge in [-0.2, -0.15) is 0 Å². The fourth-order valence-corrected chi connectivity index (χ4v) is 4.09. The number of rotatable bonds is 6.